The minimum atomic E-state index is -3.32. The highest BCUT2D eigenvalue weighted by Crippen LogP contribution is 2.40. The molecule has 39 heavy (non-hydrogen) atoms. The molecule has 0 bridgehead atoms. The Morgan fingerprint density at radius 2 is 1.87 bits per heavy atom. The fraction of sp³-hybridized carbons (Fsp3) is 0.731. The maximum absolute atomic E-state index is 13.7. The van der Waals surface area contributed by atoms with Crippen molar-refractivity contribution in [1.29, 1.82) is 0 Å². The van der Waals surface area contributed by atoms with Gasteiger partial charge in [-0.1, -0.05) is 0 Å². The van der Waals surface area contributed by atoms with Crippen LogP contribution in [-0.4, -0.2) is 87.4 Å². The van der Waals surface area contributed by atoms with Crippen molar-refractivity contribution < 1.29 is 22.3 Å². The molecule has 0 radical (unpaired) electrons. The van der Waals surface area contributed by atoms with Crippen molar-refractivity contribution in [2.45, 2.75) is 82.4 Å². The highest BCUT2D eigenvalue weighted by Gasteiger charge is 2.40. The van der Waals surface area contributed by atoms with Crippen LogP contribution in [0.1, 0.15) is 76.3 Å². The molecule has 2 saturated heterocycles. The van der Waals surface area contributed by atoms with Crippen LogP contribution in [0.15, 0.2) is 17.1 Å². The minimum Gasteiger partial charge on any atom is -0.388 e. The molecular weight excluding hydrogens is 530 g/mol. The first-order valence-electron chi connectivity index (χ1n) is 13.9. The molecule has 2 N–H and O–H groups in total. The lowest BCUT2D eigenvalue weighted by molar-refractivity contribution is 0.0261. The van der Waals surface area contributed by atoms with E-state index in [-0.39, 0.29) is 23.4 Å². The van der Waals surface area contributed by atoms with Crippen molar-refractivity contribution in [2.75, 3.05) is 43.8 Å². The van der Waals surface area contributed by atoms with E-state index in [0.29, 0.717) is 57.0 Å². The number of nitrogens with zero attached hydrogens (tertiary/aromatic N) is 5. The van der Waals surface area contributed by atoms with Gasteiger partial charge in [0, 0.05) is 30.7 Å². The van der Waals surface area contributed by atoms with Crippen LogP contribution in [0.4, 0.5) is 14.7 Å². The van der Waals surface area contributed by atoms with Gasteiger partial charge in [0.1, 0.15) is 5.65 Å². The summed E-state index contributed by atoms with van der Waals surface area (Å²) >= 11 is 0. The van der Waals surface area contributed by atoms with Crippen LogP contribution in [0.3, 0.4) is 0 Å². The van der Waals surface area contributed by atoms with Crippen molar-refractivity contribution in [3.63, 3.8) is 0 Å². The Labute approximate surface area is 227 Å². The van der Waals surface area contributed by atoms with E-state index in [9.17, 15) is 27.1 Å². The summed E-state index contributed by atoms with van der Waals surface area (Å²) in [4.78, 5) is 24.3. The van der Waals surface area contributed by atoms with E-state index >= 15 is 0 Å². The zero-order valence-corrected chi connectivity index (χ0v) is 23.2. The molecule has 2 atom stereocenters. The normalized spacial score (nSPS) is 25.7. The standard InChI is InChI=1S/C26H38F2N6O4S/c1-26(36)9-4-6-21(26)34-23-18(16-20(22(27)28)24(34)35)17-29-25(31-23)30-19-7-13-33(14-8-19)39(37,38)15-5-12-32-10-2-3-11-32/h16-17,19,21-22,36H,2-15H2,1H3,(H,29,30,31)/t21-,26-/m1/s1. The second-order valence-corrected chi connectivity index (χ2v) is 13.4. The molecule has 2 aliphatic heterocycles. The number of hydrogen-bond donors (Lipinski definition) is 2. The fourth-order valence-electron chi connectivity index (χ4n) is 6.26. The molecule has 10 nitrogen and oxygen atoms in total. The summed E-state index contributed by atoms with van der Waals surface area (Å²) in [5.74, 6) is 0.392. The first kappa shape index (κ1) is 28.3. The van der Waals surface area contributed by atoms with Gasteiger partial charge in [0.2, 0.25) is 16.0 Å². The molecule has 3 fully saturated rings. The van der Waals surface area contributed by atoms with E-state index in [1.165, 1.54) is 23.6 Å². The molecule has 2 aromatic heterocycles. The number of aliphatic hydroxyl groups is 1. The van der Waals surface area contributed by atoms with Crippen LogP contribution in [0.5, 0.6) is 0 Å². The molecule has 1 saturated carbocycles. The van der Waals surface area contributed by atoms with Crippen LogP contribution < -0.4 is 10.9 Å². The predicted octanol–water partition coefficient (Wildman–Crippen LogP) is 2.90. The number of likely N-dealkylation sites (tertiary alicyclic amines) is 1. The average molecular weight is 569 g/mol. The lowest BCUT2D eigenvalue weighted by Crippen LogP contribution is -2.43. The Hall–Kier alpha value is -2.22. The highest BCUT2D eigenvalue weighted by molar-refractivity contribution is 7.89. The molecule has 0 spiro atoms. The van der Waals surface area contributed by atoms with Crippen molar-refractivity contribution in [2.24, 2.45) is 0 Å². The molecule has 13 heteroatoms. The minimum absolute atomic E-state index is 0.0754. The molecule has 2 aromatic rings. The Balaban J connectivity index is 1.28. The van der Waals surface area contributed by atoms with Crippen molar-refractivity contribution in [3.05, 3.63) is 28.2 Å². The Bertz CT molecular complexity index is 1340. The number of rotatable bonds is 9. The van der Waals surface area contributed by atoms with E-state index in [4.69, 9.17) is 0 Å². The molecule has 1 aliphatic carbocycles. The van der Waals surface area contributed by atoms with E-state index < -0.39 is 39.2 Å². The quantitative estimate of drug-likeness (QED) is 0.474. The largest absolute Gasteiger partial charge is 0.388 e. The Morgan fingerprint density at radius 3 is 2.51 bits per heavy atom. The molecular formula is C26H38F2N6O4S. The topological polar surface area (TPSA) is 121 Å². The number of hydrogen-bond acceptors (Lipinski definition) is 8. The van der Waals surface area contributed by atoms with Gasteiger partial charge in [-0.2, -0.15) is 4.98 Å². The predicted molar refractivity (Wildman–Crippen MR) is 145 cm³/mol. The third-order valence-electron chi connectivity index (χ3n) is 8.48. The Morgan fingerprint density at radius 1 is 1.15 bits per heavy atom. The summed E-state index contributed by atoms with van der Waals surface area (Å²) in [6.07, 6.45) is 4.20. The number of anilines is 1. The Kier molecular flexibility index (Phi) is 8.23. The lowest BCUT2D eigenvalue weighted by atomic mass is 9.99. The van der Waals surface area contributed by atoms with Crippen LogP contribution >= 0.6 is 0 Å². The maximum Gasteiger partial charge on any atom is 0.269 e. The fourth-order valence-corrected chi connectivity index (χ4v) is 7.78. The summed E-state index contributed by atoms with van der Waals surface area (Å²) in [6, 6.07) is 0.376. The molecule has 4 heterocycles. The summed E-state index contributed by atoms with van der Waals surface area (Å²) in [6.45, 7) is 5.33. The van der Waals surface area contributed by atoms with Gasteiger partial charge in [-0.05, 0) is 84.0 Å². The van der Waals surface area contributed by atoms with Gasteiger partial charge in [-0.3, -0.25) is 9.36 Å². The molecule has 5 rings (SSSR count). The molecule has 216 valence electrons. The van der Waals surface area contributed by atoms with Gasteiger partial charge >= 0.3 is 0 Å². The first-order chi connectivity index (χ1) is 18.5. The first-order valence-corrected chi connectivity index (χ1v) is 15.6. The number of fused-ring (bicyclic) bond motifs is 1. The number of pyridine rings is 1. The van der Waals surface area contributed by atoms with Gasteiger partial charge in [0.15, 0.2) is 0 Å². The van der Waals surface area contributed by atoms with Gasteiger partial charge < -0.3 is 15.3 Å². The van der Waals surface area contributed by atoms with Gasteiger partial charge in [0.25, 0.3) is 12.0 Å². The van der Waals surface area contributed by atoms with Crippen molar-refractivity contribution in [1.82, 2.24) is 23.7 Å². The highest BCUT2D eigenvalue weighted by atomic mass is 32.2. The smallest absolute Gasteiger partial charge is 0.269 e. The number of alkyl halides is 2. The number of piperidine rings is 1. The maximum atomic E-state index is 13.7. The number of halogens is 2. The van der Waals surface area contributed by atoms with Crippen molar-refractivity contribution >= 4 is 27.0 Å². The SMILES string of the molecule is C[C@@]1(O)CCC[C@H]1n1c(=O)c(C(F)F)cc2cnc(NC3CCN(S(=O)(=O)CCCN4CCCC4)CC3)nc21. The van der Waals surface area contributed by atoms with E-state index in [1.54, 1.807) is 11.2 Å². The zero-order valence-electron chi connectivity index (χ0n) is 22.4. The molecule has 3 aliphatic rings. The van der Waals surface area contributed by atoms with Crippen LogP contribution in [0.2, 0.25) is 0 Å². The van der Waals surface area contributed by atoms with Crippen molar-refractivity contribution in [3.8, 4) is 0 Å². The second-order valence-electron chi connectivity index (χ2n) is 11.3. The van der Waals surface area contributed by atoms with Crippen LogP contribution in [-0.2, 0) is 10.0 Å². The number of sulfonamides is 1. The summed E-state index contributed by atoms with van der Waals surface area (Å²) in [7, 11) is -3.32. The molecule has 0 unspecified atom stereocenters. The van der Waals surface area contributed by atoms with E-state index in [0.717, 1.165) is 25.7 Å². The van der Waals surface area contributed by atoms with Gasteiger partial charge in [0.05, 0.1) is 23.0 Å². The monoisotopic (exact) mass is 568 g/mol. The van der Waals surface area contributed by atoms with Crippen LogP contribution in [0, 0.1) is 0 Å². The number of aromatic nitrogens is 3. The molecule has 0 amide bonds. The summed E-state index contributed by atoms with van der Waals surface area (Å²) in [5, 5.41) is 14.4. The van der Waals surface area contributed by atoms with E-state index in [1.807, 2.05) is 0 Å². The second kappa shape index (κ2) is 11.3. The van der Waals surface area contributed by atoms with Crippen LogP contribution in [0.25, 0.3) is 11.0 Å². The summed E-state index contributed by atoms with van der Waals surface area (Å²) < 4.78 is 55.8. The van der Waals surface area contributed by atoms with Gasteiger partial charge in [-0.15, -0.1) is 0 Å². The number of nitrogens with one attached hydrogen (secondary N) is 1. The molecule has 0 aromatic carbocycles. The average Bonchev–Trinajstić information content (AvgIpc) is 3.53. The zero-order chi connectivity index (χ0) is 27.8. The summed E-state index contributed by atoms with van der Waals surface area (Å²) in [5.41, 5.74) is -2.50. The third-order valence-corrected chi connectivity index (χ3v) is 10.4. The lowest BCUT2D eigenvalue weighted by Gasteiger charge is -2.32. The third kappa shape index (κ3) is 6.10. The van der Waals surface area contributed by atoms with E-state index in [2.05, 4.69) is 20.2 Å². The van der Waals surface area contributed by atoms with Gasteiger partial charge in [-0.25, -0.2) is 26.5 Å².